The minimum Gasteiger partial charge on any atom is -0.454 e. The number of likely N-dealkylation sites (tertiary alicyclic amines) is 1. The van der Waals surface area contributed by atoms with Crippen LogP contribution in [0.5, 0.6) is 11.5 Å². The van der Waals surface area contributed by atoms with Crippen molar-refractivity contribution >= 4 is 38.4 Å². The third-order valence-electron chi connectivity index (χ3n) is 6.76. The van der Waals surface area contributed by atoms with Gasteiger partial charge in [-0.1, -0.05) is 22.0 Å². The van der Waals surface area contributed by atoms with Crippen molar-refractivity contribution in [1.82, 2.24) is 14.4 Å². The van der Waals surface area contributed by atoms with Gasteiger partial charge in [0.1, 0.15) is 5.56 Å². The molecule has 2 aliphatic rings. The highest BCUT2D eigenvalue weighted by Crippen LogP contribution is 2.34. The minimum absolute atomic E-state index is 0.158. The highest BCUT2D eigenvalue weighted by Gasteiger charge is 2.27. The normalized spacial score (nSPS) is 16.0. The molecule has 1 amide bonds. The average molecular weight is 541 g/mol. The van der Waals surface area contributed by atoms with E-state index in [1.807, 2.05) is 24.3 Å². The Hall–Kier alpha value is -3.04. The molecule has 3 heterocycles. The molecule has 1 saturated heterocycles. The minimum atomic E-state index is -0.296. The summed E-state index contributed by atoms with van der Waals surface area (Å²) in [7, 11) is 5.06. The highest BCUT2D eigenvalue weighted by atomic mass is 79.9. The van der Waals surface area contributed by atoms with Crippen molar-refractivity contribution in [2.24, 2.45) is 7.05 Å². The zero-order valence-corrected chi connectivity index (χ0v) is 21.7. The summed E-state index contributed by atoms with van der Waals surface area (Å²) in [6, 6.07) is 12.0. The monoisotopic (exact) mass is 540 g/mol. The van der Waals surface area contributed by atoms with E-state index in [0.29, 0.717) is 5.69 Å². The Kier molecular flexibility index (Phi) is 6.46. The zero-order valence-electron chi connectivity index (χ0n) is 20.1. The van der Waals surface area contributed by atoms with Gasteiger partial charge in [0.25, 0.3) is 11.5 Å². The number of carbonyl (C=O) groups is 1. The van der Waals surface area contributed by atoms with E-state index in [2.05, 4.69) is 38.3 Å². The molecule has 3 aromatic rings. The number of piperidine rings is 1. The Morgan fingerprint density at radius 1 is 1.11 bits per heavy atom. The molecule has 8 nitrogen and oxygen atoms in total. The van der Waals surface area contributed by atoms with Crippen molar-refractivity contribution in [2.75, 3.05) is 39.3 Å². The number of hydrogen-bond acceptors (Lipinski definition) is 6. The van der Waals surface area contributed by atoms with Gasteiger partial charge in [0.2, 0.25) is 6.79 Å². The van der Waals surface area contributed by atoms with Gasteiger partial charge in [-0.15, -0.1) is 0 Å². The van der Waals surface area contributed by atoms with Gasteiger partial charge in [0, 0.05) is 56.7 Å². The van der Waals surface area contributed by atoms with Crippen LogP contribution < -0.4 is 20.3 Å². The van der Waals surface area contributed by atoms with E-state index in [4.69, 9.17) is 9.47 Å². The number of benzene rings is 2. The van der Waals surface area contributed by atoms with E-state index in [-0.39, 0.29) is 29.9 Å². The number of halogens is 1. The van der Waals surface area contributed by atoms with E-state index in [1.54, 1.807) is 25.7 Å². The Morgan fingerprint density at radius 3 is 2.60 bits per heavy atom. The smallest absolute Gasteiger partial charge is 0.265 e. The number of anilines is 1. The van der Waals surface area contributed by atoms with E-state index in [9.17, 15) is 9.59 Å². The molecule has 0 radical (unpaired) electrons. The lowest BCUT2D eigenvalue weighted by Crippen LogP contribution is -2.40. The number of nitrogens with zero attached hydrogens (tertiary/aromatic N) is 3. The van der Waals surface area contributed by atoms with Gasteiger partial charge in [0.05, 0.1) is 11.2 Å². The van der Waals surface area contributed by atoms with Crippen molar-refractivity contribution < 1.29 is 14.3 Å². The number of pyridine rings is 1. The Morgan fingerprint density at radius 2 is 1.86 bits per heavy atom. The molecule has 2 aromatic carbocycles. The first kappa shape index (κ1) is 23.7. The van der Waals surface area contributed by atoms with Crippen LogP contribution in [0.1, 0.15) is 28.8 Å². The predicted molar refractivity (Wildman–Crippen MR) is 139 cm³/mol. The van der Waals surface area contributed by atoms with Crippen LogP contribution in [0.3, 0.4) is 0 Å². The maximum atomic E-state index is 13.2. The number of nitrogens with one attached hydrogen (secondary N) is 1. The standard InChI is InChI=1S/C26H29BrN4O4/c1-29(2)25(32)23-24(19-13-17(27)5-6-20(19)30(3)26(23)33)28-18-8-10-31(11-9-18)14-16-4-7-21-22(12-16)35-15-34-21/h4-7,12-13,18,28H,8-11,14-15H2,1-3H3. The molecule has 0 unspecified atom stereocenters. The SMILES string of the molecule is CN(C)C(=O)c1c(NC2CCN(Cc3ccc4c(c3)OCO4)CC2)c2cc(Br)ccc2n(C)c1=O. The third kappa shape index (κ3) is 4.62. The molecule has 1 N–H and O–H groups in total. The molecule has 0 spiro atoms. The van der Waals surface area contributed by atoms with Gasteiger partial charge in [-0.05, 0) is 48.7 Å². The summed E-state index contributed by atoms with van der Waals surface area (Å²) in [5, 5.41) is 4.45. The number of carbonyl (C=O) groups excluding carboxylic acids is 1. The average Bonchev–Trinajstić information content (AvgIpc) is 3.31. The van der Waals surface area contributed by atoms with E-state index >= 15 is 0 Å². The quantitative estimate of drug-likeness (QED) is 0.530. The van der Waals surface area contributed by atoms with Crippen molar-refractivity contribution in [1.29, 1.82) is 0 Å². The predicted octanol–water partition coefficient (Wildman–Crippen LogP) is 3.81. The lowest BCUT2D eigenvalue weighted by molar-refractivity contribution is 0.0826. The molecule has 1 aromatic heterocycles. The molecule has 0 bridgehead atoms. The van der Waals surface area contributed by atoms with Crippen LogP contribution in [-0.2, 0) is 13.6 Å². The van der Waals surface area contributed by atoms with Gasteiger partial charge in [0.15, 0.2) is 11.5 Å². The molecule has 0 saturated carbocycles. The molecule has 1 fully saturated rings. The van der Waals surface area contributed by atoms with Crippen LogP contribution in [-0.4, -0.2) is 60.3 Å². The fraction of sp³-hybridized carbons (Fsp3) is 0.385. The highest BCUT2D eigenvalue weighted by molar-refractivity contribution is 9.10. The van der Waals surface area contributed by atoms with Gasteiger partial charge in [-0.3, -0.25) is 14.5 Å². The number of rotatable bonds is 5. The summed E-state index contributed by atoms with van der Waals surface area (Å²) in [4.78, 5) is 30.2. The molecule has 0 atom stereocenters. The fourth-order valence-corrected chi connectivity index (χ4v) is 5.19. The van der Waals surface area contributed by atoms with E-state index < -0.39 is 0 Å². The molecular formula is C26H29BrN4O4. The Labute approximate surface area is 212 Å². The zero-order chi connectivity index (χ0) is 24.7. The van der Waals surface area contributed by atoms with Crippen LogP contribution in [0.15, 0.2) is 45.7 Å². The van der Waals surface area contributed by atoms with Gasteiger partial charge in [-0.2, -0.15) is 0 Å². The number of amides is 1. The maximum absolute atomic E-state index is 13.2. The number of aromatic nitrogens is 1. The topological polar surface area (TPSA) is 76.0 Å². The molecular weight excluding hydrogens is 512 g/mol. The summed E-state index contributed by atoms with van der Waals surface area (Å²) in [5.74, 6) is 1.31. The first-order chi connectivity index (χ1) is 16.8. The van der Waals surface area contributed by atoms with Crippen molar-refractivity contribution in [3.63, 3.8) is 0 Å². The number of fused-ring (bicyclic) bond motifs is 2. The van der Waals surface area contributed by atoms with Crippen LogP contribution >= 0.6 is 15.9 Å². The van der Waals surface area contributed by atoms with Gasteiger partial charge < -0.3 is 24.3 Å². The largest absolute Gasteiger partial charge is 0.454 e. The van der Waals surface area contributed by atoms with E-state index in [0.717, 1.165) is 59.4 Å². The lowest BCUT2D eigenvalue weighted by Gasteiger charge is -2.33. The molecule has 184 valence electrons. The second-order valence-corrected chi connectivity index (χ2v) is 10.3. The summed E-state index contributed by atoms with van der Waals surface area (Å²) >= 11 is 3.55. The maximum Gasteiger partial charge on any atom is 0.265 e. The fourth-order valence-electron chi connectivity index (χ4n) is 4.83. The molecule has 0 aliphatic carbocycles. The summed E-state index contributed by atoms with van der Waals surface area (Å²) < 4.78 is 13.4. The number of aryl methyl sites for hydroxylation is 1. The molecule has 2 aliphatic heterocycles. The second kappa shape index (κ2) is 9.54. The van der Waals surface area contributed by atoms with Crippen molar-refractivity contribution in [2.45, 2.75) is 25.4 Å². The number of ether oxygens (including phenoxy) is 2. The molecule has 5 rings (SSSR count). The summed E-state index contributed by atoms with van der Waals surface area (Å²) in [6.45, 7) is 2.95. The Bertz CT molecular complexity index is 1350. The van der Waals surface area contributed by atoms with E-state index in [1.165, 1.54) is 10.5 Å². The summed E-state index contributed by atoms with van der Waals surface area (Å²) in [5.41, 5.74) is 2.50. The third-order valence-corrected chi connectivity index (χ3v) is 7.25. The van der Waals surface area contributed by atoms with Gasteiger partial charge >= 0.3 is 0 Å². The van der Waals surface area contributed by atoms with Crippen LogP contribution in [0.25, 0.3) is 10.9 Å². The molecule has 35 heavy (non-hydrogen) atoms. The van der Waals surface area contributed by atoms with Crippen molar-refractivity contribution in [3.05, 3.63) is 62.4 Å². The number of hydrogen-bond donors (Lipinski definition) is 1. The Balaban J connectivity index is 1.37. The summed E-state index contributed by atoms with van der Waals surface area (Å²) in [6.07, 6.45) is 1.82. The second-order valence-electron chi connectivity index (χ2n) is 9.36. The van der Waals surface area contributed by atoms with Crippen molar-refractivity contribution in [3.8, 4) is 11.5 Å². The first-order valence-electron chi connectivity index (χ1n) is 11.7. The van der Waals surface area contributed by atoms with Crippen LogP contribution in [0.4, 0.5) is 5.69 Å². The van der Waals surface area contributed by atoms with Crippen LogP contribution in [0.2, 0.25) is 0 Å². The van der Waals surface area contributed by atoms with Crippen LogP contribution in [0, 0.1) is 0 Å². The lowest BCUT2D eigenvalue weighted by atomic mass is 10.0. The van der Waals surface area contributed by atoms with Gasteiger partial charge in [-0.25, -0.2) is 0 Å². The first-order valence-corrected chi connectivity index (χ1v) is 12.5. The molecule has 9 heteroatoms.